The third-order valence-electron chi connectivity index (χ3n) is 2.25. The molecule has 0 radical (unpaired) electrons. The van der Waals surface area contributed by atoms with Gasteiger partial charge < -0.3 is 0 Å². The van der Waals surface area contributed by atoms with Gasteiger partial charge in [-0.15, -0.1) is 0 Å². The van der Waals surface area contributed by atoms with E-state index in [0.29, 0.717) is 4.47 Å². The summed E-state index contributed by atoms with van der Waals surface area (Å²) in [6, 6.07) is 6.53. The van der Waals surface area contributed by atoms with E-state index < -0.39 is 10.0 Å². The van der Waals surface area contributed by atoms with Crippen LogP contribution in [0.1, 0.15) is 5.56 Å². The lowest BCUT2D eigenvalue weighted by Gasteiger charge is -2.09. The van der Waals surface area contributed by atoms with Crippen molar-refractivity contribution in [2.45, 2.75) is 4.90 Å². The normalized spacial score (nSPS) is 10.8. The van der Waals surface area contributed by atoms with Gasteiger partial charge in [-0.05, 0) is 29.8 Å². The average molecular weight is 374 g/mol. The second-order valence-electron chi connectivity index (χ2n) is 3.60. The Bertz CT molecular complexity index is 787. The first-order valence-electron chi connectivity index (χ1n) is 5.12. The molecular formula is C11H6BrClN4O2S. The van der Waals surface area contributed by atoms with Crippen LogP contribution in [0.15, 0.2) is 40.0 Å². The van der Waals surface area contributed by atoms with E-state index in [1.807, 2.05) is 6.07 Å². The molecule has 6 nitrogen and oxygen atoms in total. The minimum atomic E-state index is -3.88. The molecule has 0 atom stereocenters. The fourth-order valence-electron chi connectivity index (χ4n) is 1.34. The highest BCUT2D eigenvalue weighted by molar-refractivity contribution is 9.10. The zero-order chi connectivity index (χ0) is 14.8. The highest BCUT2D eigenvalue weighted by Crippen LogP contribution is 2.23. The van der Waals surface area contributed by atoms with E-state index in [-0.39, 0.29) is 21.4 Å². The molecule has 0 bridgehead atoms. The van der Waals surface area contributed by atoms with Gasteiger partial charge in [-0.2, -0.15) is 5.26 Å². The predicted octanol–water partition coefficient (Wildman–Crippen LogP) is 2.56. The van der Waals surface area contributed by atoms with Crippen LogP contribution in [-0.4, -0.2) is 18.4 Å². The van der Waals surface area contributed by atoms with Gasteiger partial charge in [0.2, 0.25) is 5.28 Å². The van der Waals surface area contributed by atoms with E-state index in [4.69, 9.17) is 16.9 Å². The molecule has 102 valence electrons. The van der Waals surface area contributed by atoms with E-state index >= 15 is 0 Å². The highest BCUT2D eigenvalue weighted by atomic mass is 79.9. The standard InChI is InChI=1S/C11H6BrClN4O2S/c12-8-1-2-10(7(3-8)4-14)17-20(18,19)9-5-15-11(13)16-6-9/h1-3,5-6,17H. The Morgan fingerprint density at radius 2 is 1.95 bits per heavy atom. The maximum absolute atomic E-state index is 12.1. The summed E-state index contributed by atoms with van der Waals surface area (Å²) in [6.07, 6.45) is 2.17. The molecule has 0 amide bonds. The number of nitriles is 1. The highest BCUT2D eigenvalue weighted by Gasteiger charge is 2.17. The Balaban J connectivity index is 2.39. The quantitative estimate of drug-likeness (QED) is 0.834. The summed E-state index contributed by atoms with van der Waals surface area (Å²) >= 11 is 8.71. The molecule has 0 aliphatic carbocycles. The summed E-state index contributed by atoms with van der Waals surface area (Å²) in [4.78, 5) is 7.07. The van der Waals surface area contributed by atoms with Gasteiger partial charge in [-0.1, -0.05) is 15.9 Å². The molecule has 2 aromatic rings. The predicted molar refractivity (Wildman–Crippen MR) is 76.7 cm³/mol. The summed E-state index contributed by atoms with van der Waals surface area (Å²) in [7, 11) is -3.88. The fraction of sp³-hybridized carbons (Fsp3) is 0. The first-order chi connectivity index (χ1) is 9.42. The number of sulfonamides is 1. The molecule has 1 aromatic heterocycles. The SMILES string of the molecule is N#Cc1cc(Br)ccc1NS(=O)(=O)c1cnc(Cl)nc1. The van der Waals surface area contributed by atoms with Crippen molar-refractivity contribution >= 4 is 43.2 Å². The van der Waals surface area contributed by atoms with Crippen molar-refractivity contribution in [2.75, 3.05) is 4.72 Å². The van der Waals surface area contributed by atoms with Crippen LogP contribution < -0.4 is 4.72 Å². The van der Waals surface area contributed by atoms with Crippen molar-refractivity contribution in [3.05, 3.63) is 45.9 Å². The minimum absolute atomic E-state index is 0.0506. The monoisotopic (exact) mass is 372 g/mol. The largest absolute Gasteiger partial charge is 0.278 e. The molecule has 0 aliphatic heterocycles. The molecule has 0 spiro atoms. The fourth-order valence-corrected chi connectivity index (χ4v) is 2.77. The Kier molecular flexibility index (Phi) is 4.23. The second-order valence-corrected chi connectivity index (χ2v) is 6.53. The molecule has 0 unspecified atom stereocenters. The van der Waals surface area contributed by atoms with Crippen molar-refractivity contribution in [1.29, 1.82) is 5.26 Å². The van der Waals surface area contributed by atoms with Gasteiger partial charge in [-0.25, -0.2) is 18.4 Å². The molecule has 1 heterocycles. The van der Waals surface area contributed by atoms with Crippen LogP contribution in [0.5, 0.6) is 0 Å². The van der Waals surface area contributed by atoms with Crippen LogP contribution in [0.4, 0.5) is 5.69 Å². The van der Waals surface area contributed by atoms with Crippen molar-refractivity contribution in [1.82, 2.24) is 9.97 Å². The summed E-state index contributed by atoms with van der Waals surface area (Å²) < 4.78 is 27.2. The van der Waals surface area contributed by atoms with Crippen LogP contribution in [0, 0.1) is 11.3 Å². The molecule has 2 rings (SSSR count). The lowest BCUT2D eigenvalue weighted by atomic mass is 10.2. The zero-order valence-electron chi connectivity index (χ0n) is 9.71. The summed E-state index contributed by atoms with van der Waals surface area (Å²) in [6.45, 7) is 0. The van der Waals surface area contributed by atoms with Crippen molar-refractivity contribution < 1.29 is 8.42 Å². The second kappa shape index (κ2) is 5.75. The van der Waals surface area contributed by atoms with Gasteiger partial charge in [0.1, 0.15) is 11.0 Å². The van der Waals surface area contributed by atoms with E-state index in [2.05, 4.69) is 30.6 Å². The zero-order valence-corrected chi connectivity index (χ0v) is 12.9. The Hall–Kier alpha value is -1.69. The molecule has 20 heavy (non-hydrogen) atoms. The molecule has 0 saturated heterocycles. The third kappa shape index (κ3) is 3.25. The van der Waals surface area contributed by atoms with E-state index in [1.54, 1.807) is 6.07 Å². The topological polar surface area (TPSA) is 95.7 Å². The van der Waals surface area contributed by atoms with E-state index in [9.17, 15) is 8.42 Å². The number of benzene rings is 1. The van der Waals surface area contributed by atoms with Gasteiger partial charge in [0.05, 0.1) is 23.6 Å². The molecule has 0 aliphatic rings. The Labute approximate surface area is 128 Å². The van der Waals surface area contributed by atoms with Crippen LogP contribution in [0.2, 0.25) is 5.28 Å². The number of halogens is 2. The van der Waals surface area contributed by atoms with Gasteiger partial charge in [0.25, 0.3) is 10.0 Å². The molecular weight excluding hydrogens is 368 g/mol. The third-order valence-corrected chi connectivity index (χ3v) is 4.26. The number of anilines is 1. The molecule has 1 aromatic carbocycles. The number of nitrogens with one attached hydrogen (secondary N) is 1. The van der Waals surface area contributed by atoms with Gasteiger partial charge >= 0.3 is 0 Å². The summed E-state index contributed by atoms with van der Waals surface area (Å²) in [5, 5.41) is 8.95. The lowest BCUT2D eigenvalue weighted by molar-refractivity contribution is 0.600. The minimum Gasteiger partial charge on any atom is -0.278 e. The maximum Gasteiger partial charge on any atom is 0.265 e. The number of aromatic nitrogens is 2. The van der Waals surface area contributed by atoms with Gasteiger partial charge in [0.15, 0.2) is 0 Å². The summed E-state index contributed by atoms with van der Waals surface area (Å²) in [5.74, 6) is 0. The lowest BCUT2D eigenvalue weighted by Crippen LogP contribution is -2.14. The first kappa shape index (κ1) is 14.7. The number of nitrogens with zero attached hydrogens (tertiary/aromatic N) is 3. The van der Waals surface area contributed by atoms with E-state index in [0.717, 1.165) is 12.4 Å². The molecule has 0 fully saturated rings. The van der Waals surface area contributed by atoms with Crippen LogP contribution in [0.3, 0.4) is 0 Å². The Morgan fingerprint density at radius 1 is 1.30 bits per heavy atom. The number of hydrogen-bond donors (Lipinski definition) is 1. The first-order valence-corrected chi connectivity index (χ1v) is 7.78. The Morgan fingerprint density at radius 3 is 2.55 bits per heavy atom. The summed E-state index contributed by atoms with van der Waals surface area (Å²) in [5.41, 5.74) is 0.364. The van der Waals surface area contributed by atoms with Crippen LogP contribution in [-0.2, 0) is 10.0 Å². The molecule has 1 N–H and O–H groups in total. The van der Waals surface area contributed by atoms with Crippen LogP contribution in [0.25, 0.3) is 0 Å². The van der Waals surface area contributed by atoms with E-state index in [1.165, 1.54) is 12.1 Å². The van der Waals surface area contributed by atoms with Crippen molar-refractivity contribution in [2.24, 2.45) is 0 Å². The number of rotatable bonds is 3. The smallest absolute Gasteiger partial charge is 0.265 e. The van der Waals surface area contributed by atoms with Crippen molar-refractivity contribution in [3.63, 3.8) is 0 Å². The maximum atomic E-state index is 12.1. The molecule has 0 saturated carbocycles. The average Bonchev–Trinajstić information content (AvgIpc) is 2.41. The van der Waals surface area contributed by atoms with Crippen molar-refractivity contribution in [3.8, 4) is 6.07 Å². The van der Waals surface area contributed by atoms with Gasteiger partial charge in [-0.3, -0.25) is 4.72 Å². The molecule has 9 heteroatoms. The van der Waals surface area contributed by atoms with Gasteiger partial charge in [0, 0.05) is 4.47 Å². The van der Waals surface area contributed by atoms with Crippen LogP contribution >= 0.6 is 27.5 Å². The number of hydrogen-bond acceptors (Lipinski definition) is 5.